The molecular formula is H14NaO10S-. The third-order valence-corrected chi connectivity index (χ3v) is 0. The molecule has 0 aliphatic heterocycles. The Hall–Kier alpha value is 0.790. The van der Waals surface area contributed by atoms with Gasteiger partial charge in [-0.15, -0.1) is 11.4 Å². The van der Waals surface area contributed by atoms with Crippen molar-refractivity contribution in [1.29, 1.82) is 0 Å². The van der Waals surface area contributed by atoms with Crippen LogP contribution < -0.4 is 29.6 Å². The fraction of sp³-hybridized carbons (Fsp3) is 0. The maximum absolute atomic E-state index is 8.44. The number of hydrogen-bond acceptors (Lipinski definition) is 3. The van der Waals surface area contributed by atoms with Crippen LogP contribution in [0.5, 0.6) is 0 Å². The minimum atomic E-state index is -3.11. The topological polar surface area (TPSA) is 284 Å². The predicted molar refractivity (Wildman–Crippen MR) is 35.0 cm³/mol. The normalized spacial score (nSPS) is 2.92. The van der Waals surface area contributed by atoms with Gasteiger partial charge in [-0.3, -0.25) is 4.21 Å². The molecule has 0 spiro atoms. The van der Waals surface area contributed by atoms with Gasteiger partial charge in [-0.1, -0.05) is 0 Å². The second kappa shape index (κ2) is 95.6. The first-order valence-corrected chi connectivity index (χ1v) is 1.50. The molecule has 0 aliphatic rings. The SMILES string of the molecule is O.O.O.O.O.O.O.O=S([O-])[O-].[Na+]. The van der Waals surface area contributed by atoms with Gasteiger partial charge in [-0.2, -0.15) is 0 Å². The van der Waals surface area contributed by atoms with E-state index >= 15 is 0 Å². The van der Waals surface area contributed by atoms with E-state index in [2.05, 4.69) is 0 Å². The molecule has 0 radical (unpaired) electrons. The summed E-state index contributed by atoms with van der Waals surface area (Å²) in [5, 5.41) is 0. The fourth-order valence-electron chi connectivity index (χ4n) is 0. The van der Waals surface area contributed by atoms with Crippen LogP contribution in [0.4, 0.5) is 0 Å². The Labute approximate surface area is 92.5 Å². The Morgan fingerprint density at radius 3 is 0.667 bits per heavy atom. The third-order valence-electron chi connectivity index (χ3n) is 0. The Morgan fingerprint density at radius 2 is 0.667 bits per heavy atom. The molecule has 82 valence electrons. The van der Waals surface area contributed by atoms with E-state index in [1.165, 1.54) is 0 Å². The van der Waals surface area contributed by atoms with Crippen molar-refractivity contribution in [2.75, 3.05) is 0 Å². The third kappa shape index (κ3) is 1660. The molecule has 0 aromatic rings. The Bertz CT molecular complexity index is 32.8. The van der Waals surface area contributed by atoms with Crippen molar-refractivity contribution >= 4 is 11.4 Å². The fourth-order valence-corrected chi connectivity index (χ4v) is 0. The summed E-state index contributed by atoms with van der Waals surface area (Å²) in [6.45, 7) is 0. The van der Waals surface area contributed by atoms with E-state index in [1.54, 1.807) is 0 Å². The van der Waals surface area contributed by atoms with Crippen LogP contribution in [0.2, 0.25) is 0 Å². The van der Waals surface area contributed by atoms with Crippen molar-refractivity contribution in [3.8, 4) is 0 Å². The van der Waals surface area contributed by atoms with Gasteiger partial charge in [0.1, 0.15) is 0 Å². The minimum absolute atomic E-state index is 0. The van der Waals surface area contributed by atoms with E-state index in [4.69, 9.17) is 13.3 Å². The van der Waals surface area contributed by atoms with Crippen molar-refractivity contribution in [1.82, 2.24) is 0 Å². The van der Waals surface area contributed by atoms with Crippen LogP contribution in [0.1, 0.15) is 0 Å². The van der Waals surface area contributed by atoms with Crippen molar-refractivity contribution in [2.24, 2.45) is 0 Å². The van der Waals surface area contributed by atoms with E-state index in [9.17, 15) is 0 Å². The van der Waals surface area contributed by atoms with Crippen LogP contribution in [0.25, 0.3) is 0 Å². The molecule has 0 unspecified atom stereocenters. The van der Waals surface area contributed by atoms with Crippen molar-refractivity contribution in [3.63, 3.8) is 0 Å². The average Bonchev–Trinajstić information content (AvgIpc) is 0.811. The van der Waals surface area contributed by atoms with Gasteiger partial charge in [0, 0.05) is 0 Å². The second-order valence-corrected chi connectivity index (χ2v) is 0.612. The van der Waals surface area contributed by atoms with E-state index < -0.39 is 11.4 Å². The molecule has 0 atom stereocenters. The molecule has 12 heteroatoms. The van der Waals surface area contributed by atoms with Gasteiger partial charge in [0.2, 0.25) is 0 Å². The minimum Gasteiger partial charge on any atom is -0.784 e. The smallest absolute Gasteiger partial charge is 0.784 e. The van der Waals surface area contributed by atoms with Crippen LogP contribution in [-0.4, -0.2) is 51.6 Å². The monoisotopic (exact) mass is 229 g/mol. The zero-order valence-corrected chi connectivity index (χ0v) is 8.95. The Balaban J connectivity index is -0.00000000161. The summed E-state index contributed by atoms with van der Waals surface area (Å²) in [6, 6.07) is 0. The first-order chi connectivity index (χ1) is 1.73. The molecule has 0 aromatic heterocycles. The van der Waals surface area contributed by atoms with Gasteiger partial charge >= 0.3 is 29.6 Å². The maximum atomic E-state index is 8.44. The van der Waals surface area contributed by atoms with Crippen molar-refractivity contribution in [3.05, 3.63) is 0 Å². The molecule has 0 fully saturated rings. The molecule has 0 saturated carbocycles. The largest absolute Gasteiger partial charge is 1.00 e. The first kappa shape index (κ1) is 124. The maximum Gasteiger partial charge on any atom is 1.00 e. The summed E-state index contributed by atoms with van der Waals surface area (Å²) in [7, 11) is 0. The first-order valence-electron chi connectivity index (χ1n) is 0.500. The van der Waals surface area contributed by atoms with Crippen LogP contribution in [0, 0.1) is 0 Å². The van der Waals surface area contributed by atoms with Crippen LogP contribution in [0.3, 0.4) is 0 Å². The van der Waals surface area contributed by atoms with Gasteiger partial charge in [-0.05, 0) is 0 Å². The zero-order valence-electron chi connectivity index (χ0n) is 6.13. The molecule has 10 nitrogen and oxygen atoms in total. The van der Waals surface area contributed by atoms with Gasteiger partial charge in [0.05, 0.1) is 0 Å². The summed E-state index contributed by atoms with van der Waals surface area (Å²) >= 11 is -3.11. The summed E-state index contributed by atoms with van der Waals surface area (Å²) in [5.74, 6) is 0. The molecule has 0 saturated heterocycles. The number of hydrogen-bond donors (Lipinski definition) is 0. The second-order valence-electron chi connectivity index (χ2n) is 0.204. The molecule has 0 aromatic carbocycles. The van der Waals surface area contributed by atoms with Crippen LogP contribution in [0.15, 0.2) is 0 Å². The summed E-state index contributed by atoms with van der Waals surface area (Å²) in [4.78, 5) is 0. The van der Waals surface area contributed by atoms with E-state index in [-0.39, 0.29) is 67.9 Å². The molecule has 0 amide bonds. The van der Waals surface area contributed by atoms with Gasteiger partial charge < -0.3 is 47.4 Å². The molecular weight excluding hydrogens is 215 g/mol. The summed E-state index contributed by atoms with van der Waals surface area (Å²) < 4.78 is 25.3. The Morgan fingerprint density at radius 1 is 0.667 bits per heavy atom. The van der Waals surface area contributed by atoms with Gasteiger partial charge in [0.15, 0.2) is 0 Å². The summed E-state index contributed by atoms with van der Waals surface area (Å²) in [6.07, 6.45) is 0. The zero-order chi connectivity index (χ0) is 3.58. The molecule has 14 N–H and O–H groups in total. The molecule has 0 bridgehead atoms. The number of rotatable bonds is 0. The molecule has 0 rings (SSSR count). The summed E-state index contributed by atoms with van der Waals surface area (Å²) in [5.41, 5.74) is 0. The molecule has 0 heterocycles. The van der Waals surface area contributed by atoms with Crippen molar-refractivity contribution < 1.29 is 81.2 Å². The van der Waals surface area contributed by atoms with E-state index in [1.807, 2.05) is 0 Å². The Kier molecular flexibility index (Phi) is 986. The molecule has 12 heavy (non-hydrogen) atoms. The van der Waals surface area contributed by atoms with Crippen molar-refractivity contribution in [2.45, 2.75) is 0 Å². The standard InChI is InChI=1S/Na.H2O3S.7H2O/c;1-4(2)3;;;;;;;/h;(H2,1,2,3);7*1H2/q+1;;;;;;;;/p-2. The molecule has 0 aliphatic carbocycles. The van der Waals surface area contributed by atoms with Crippen LogP contribution in [-0.2, 0) is 11.4 Å². The quantitative estimate of drug-likeness (QED) is 0.288. The van der Waals surface area contributed by atoms with E-state index in [0.717, 1.165) is 0 Å². The average molecular weight is 229 g/mol. The van der Waals surface area contributed by atoms with E-state index in [0.29, 0.717) is 0 Å². The predicted octanol–water partition coefficient (Wildman–Crippen LogP) is -9.77. The van der Waals surface area contributed by atoms with Gasteiger partial charge in [-0.25, -0.2) is 0 Å². The van der Waals surface area contributed by atoms with Gasteiger partial charge in [0.25, 0.3) is 0 Å². The van der Waals surface area contributed by atoms with Crippen LogP contribution >= 0.6 is 0 Å².